The van der Waals surface area contributed by atoms with Crippen LogP contribution in [0.4, 0.5) is 0 Å². The van der Waals surface area contributed by atoms with Crippen molar-refractivity contribution in [3.05, 3.63) is 58.9 Å². The van der Waals surface area contributed by atoms with E-state index in [-0.39, 0.29) is 30.8 Å². The predicted octanol–water partition coefficient (Wildman–Crippen LogP) is 3.46. The minimum atomic E-state index is -0.537. The maximum atomic E-state index is 12.5. The molecular weight excluding hydrogens is 368 g/mol. The Kier molecular flexibility index (Phi) is 6.20. The number of aromatic nitrogens is 1. The molecule has 1 aromatic carbocycles. The molecule has 6 heteroatoms. The summed E-state index contributed by atoms with van der Waals surface area (Å²) in [7, 11) is 0. The number of hydrogen-bond donors (Lipinski definition) is 0. The predicted molar refractivity (Wildman–Crippen MR) is 110 cm³/mol. The number of Topliss-reactive ketones (excluding diaryl/α,β-unsaturated/α-hetero) is 1. The van der Waals surface area contributed by atoms with Crippen LogP contribution in [0.3, 0.4) is 0 Å². The fraction of sp³-hybridized carbons (Fsp3) is 0.435. The van der Waals surface area contributed by atoms with Crippen molar-refractivity contribution in [3.63, 3.8) is 0 Å². The second kappa shape index (κ2) is 8.64. The molecule has 1 amide bonds. The third kappa shape index (κ3) is 4.26. The molecule has 1 aromatic heterocycles. The highest BCUT2D eigenvalue weighted by Crippen LogP contribution is 2.29. The summed E-state index contributed by atoms with van der Waals surface area (Å²) in [5.41, 5.74) is 3.49. The zero-order valence-corrected chi connectivity index (χ0v) is 17.5. The van der Waals surface area contributed by atoms with Crippen LogP contribution in [-0.2, 0) is 20.9 Å². The number of aryl methyl sites for hydroxylation is 1. The maximum absolute atomic E-state index is 12.5. The van der Waals surface area contributed by atoms with E-state index in [1.165, 1.54) is 0 Å². The van der Waals surface area contributed by atoms with Gasteiger partial charge in [-0.15, -0.1) is 0 Å². The van der Waals surface area contributed by atoms with Gasteiger partial charge < -0.3 is 14.2 Å². The summed E-state index contributed by atoms with van der Waals surface area (Å²) in [6, 6.07) is 11.4. The van der Waals surface area contributed by atoms with E-state index in [0.29, 0.717) is 12.1 Å². The first-order valence-corrected chi connectivity index (χ1v) is 10.0. The Morgan fingerprint density at radius 2 is 1.90 bits per heavy atom. The molecule has 6 nitrogen and oxygen atoms in total. The zero-order valence-electron chi connectivity index (χ0n) is 17.5. The summed E-state index contributed by atoms with van der Waals surface area (Å²) >= 11 is 0. The van der Waals surface area contributed by atoms with Gasteiger partial charge in [-0.05, 0) is 39.3 Å². The third-order valence-corrected chi connectivity index (χ3v) is 5.78. The first-order chi connectivity index (χ1) is 13.8. The van der Waals surface area contributed by atoms with Gasteiger partial charge in [-0.25, -0.2) is 0 Å². The van der Waals surface area contributed by atoms with Crippen molar-refractivity contribution >= 4 is 17.7 Å². The van der Waals surface area contributed by atoms with Crippen molar-refractivity contribution in [2.75, 3.05) is 13.2 Å². The molecule has 2 heterocycles. The number of rotatable bonds is 7. The molecule has 1 saturated heterocycles. The number of ether oxygens (including phenoxy) is 1. The van der Waals surface area contributed by atoms with Crippen molar-refractivity contribution in [1.82, 2.24) is 9.47 Å². The van der Waals surface area contributed by atoms with Crippen LogP contribution < -0.4 is 0 Å². The number of ketones is 1. The molecule has 2 aromatic rings. The van der Waals surface area contributed by atoms with Crippen molar-refractivity contribution in [2.24, 2.45) is 5.92 Å². The van der Waals surface area contributed by atoms with Crippen LogP contribution in [0.2, 0.25) is 0 Å². The molecule has 154 valence electrons. The highest BCUT2D eigenvalue weighted by molar-refractivity contribution is 5.99. The lowest BCUT2D eigenvalue weighted by molar-refractivity contribution is -0.147. The quantitative estimate of drug-likeness (QED) is 0.531. The van der Waals surface area contributed by atoms with Gasteiger partial charge in [0.2, 0.25) is 11.7 Å². The molecule has 1 fully saturated rings. The lowest BCUT2D eigenvalue weighted by atomic mass is 10.1. The van der Waals surface area contributed by atoms with Gasteiger partial charge in [-0.3, -0.25) is 14.4 Å². The molecule has 0 bridgehead atoms. The van der Waals surface area contributed by atoms with Crippen LogP contribution in [0.25, 0.3) is 0 Å². The summed E-state index contributed by atoms with van der Waals surface area (Å²) in [4.78, 5) is 39.1. The Morgan fingerprint density at radius 3 is 2.52 bits per heavy atom. The van der Waals surface area contributed by atoms with Crippen molar-refractivity contribution < 1.29 is 19.1 Å². The number of amides is 1. The van der Waals surface area contributed by atoms with Gasteiger partial charge in [-0.2, -0.15) is 0 Å². The van der Waals surface area contributed by atoms with E-state index in [4.69, 9.17) is 4.74 Å². The van der Waals surface area contributed by atoms with Gasteiger partial charge in [0.05, 0.1) is 12.0 Å². The van der Waals surface area contributed by atoms with E-state index in [9.17, 15) is 14.4 Å². The van der Waals surface area contributed by atoms with E-state index >= 15 is 0 Å². The van der Waals surface area contributed by atoms with Gasteiger partial charge in [0.15, 0.2) is 6.61 Å². The van der Waals surface area contributed by atoms with Gasteiger partial charge in [-0.1, -0.05) is 30.3 Å². The molecule has 0 aliphatic carbocycles. The summed E-state index contributed by atoms with van der Waals surface area (Å²) < 4.78 is 7.33. The normalized spacial score (nSPS) is 17.4. The number of nitrogens with zero attached hydrogens (tertiary/aromatic N) is 2. The summed E-state index contributed by atoms with van der Waals surface area (Å²) in [5.74, 6) is -1.31. The topological polar surface area (TPSA) is 68.6 Å². The standard InChI is InChI=1S/C23H28N2O4/c1-5-24-15(2)11-20(17(24)4)21(26)14-29-23(28)19-12-22(27)25(13-19)16(3)18-9-7-6-8-10-18/h6-11,16,19H,5,12-14H2,1-4H3/t16-,19+/m0/s1. The Morgan fingerprint density at radius 1 is 1.21 bits per heavy atom. The van der Waals surface area contributed by atoms with Crippen LogP contribution >= 0.6 is 0 Å². The van der Waals surface area contributed by atoms with Gasteiger partial charge in [0, 0.05) is 36.5 Å². The molecule has 1 aliphatic heterocycles. The number of likely N-dealkylation sites (tertiary alicyclic amines) is 1. The SMILES string of the molecule is CCn1c(C)cc(C(=O)COC(=O)[C@@H]2CC(=O)N([C@@H](C)c3ccccc3)C2)c1C. The van der Waals surface area contributed by atoms with Crippen molar-refractivity contribution in [1.29, 1.82) is 0 Å². The van der Waals surface area contributed by atoms with Crippen molar-refractivity contribution in [3.8, 4) is 0 Å². The second-order valence-electron chi connectivity index (χ2n) is 7.59. The van der Waals surface area contributed by atoms with E-state index < -0.39 is 11.9 Å². The number of carbonyl (C=O) groups is 3. The number of benzene rings is 1. The van der Waals surface area contributed by atoms with Crippen LogP contribution in [0.15, 0.2) is 36.4 Å². The summed E-state index contributed by atoms with van der Waals surface area (Å²) in [5, 5.41) is 0. The zero-order chi connectivity index (χ0) is 21.1. The van der Waals surface area contributed by atoms with Crippen LogP contribution in [0.1, 0.15) is 53.6 Å². The molecule has 1 aliphatic rings. The van der Waals surface area contributed by atoms with E-state index in [1.54, 1.807) is 4.90 Å². The third-order valence-electron chi connectivity index (χ3n) is 5.78. The largest absolute Gasteiger partial charge is 0.457 e. The minimum absolute atomic E-state index is 0.0684. The molecule has 0 unspecified atom stereocenters. The fourth-order valence-electron chi connectivity index (χ4n) is 4.08. The highest BCUT2D eigenvalue weighted by Gasteiger charge is 2.38. The first-order valence-electron chi connectivity index (χ1n) is 10.0. The number of hydrogen-bond acceptors (Lipinski definition) is 4. The monoisotopic (exact) mass is 396 g/mol. The van der Waals surface area contributed by atoms with E-state index in [1.807, 2.05) is 68.7 Å². The average Bonchev–Trinajstić information content (AvgIpc) is 3.25. The average molecular weight is 396 g/mol. The molecular formula is C23H28N2O4. The maximum Gasteiger partial charge on any atom is 0.311 e. The Balaban J connectivity index is 1.59. The van der Waals surface area contributed by atoms with Gasteiger partial charge in [0.1, 0.15) is 0 Å². The summed E-state index contributed by atoms with van der Waals surface area (Å²) in [6.07, 6.45) is 0.120. The lowest BCUT2D eigenvalue weighted by Crippen LogP contribution is -2.30. The molecule has 0 N–H and O–H groups in total. The molecule has 0 saturated carbocycles. The van der Waals surface area contributed by atoms with Gasteiger partial charge in [0.25, 0.3) is 0 Å². The Hall–Kier alpha value is -2.89. The minimum Gasteiger partial charge on any atom is -0.457 e. The molecule has 0 radical (unpaired) electrons. The molecule has 2 atom stereocenters. The van der Waals surface area contributed by atoms with Crippen LogP contribution in [-0.4, -0.2) is 40.3 Å². The Labute approximate surface area is 171 Å². The molecule has 3 rings (SSSR count). The molecule has 29 heavy (non-hydrogen) atoms. The van der Waals surface area contributed by atoms with Crippen molar-refractivity contribution in [2.45, 2.75) is 46.7 Å². The summed E-state index contributed by atoms with van der Waals surface area (Å²) in [6.45, 7) is 8.61. The second-order valence-corrected chi connectivity index (χ2v) is 7.59. The lowest BCUT2D eigenvalue weighted by Gasteiger charge is -2.25. The van der Waals surface area contributed by atoms with Gasteiger partial charge >= 0.3 is 5.97 Å². The Bertz CT molecular complexity index is 916. The van der Waals surface area contributed by atoms with E-state index in [2.05, 4.69) is 0 Å². The number of carbonyl (C=O) groups excluding carboxylic acids is 3. The fourth-order valence-corrected chi connectivity index (χ4v) is 4.08. The molecule has 0 spiro atoms. The smallest absolute Gasteiger partial charge is 0.311 e. The highest BCUT2D eigenvalue weighted by atomic mass is 16.5. The van der Waals surface area contributed by atoms with Crippen LogP contribution in [0, 0.1) is 19.8 Å². The van der Waals surface area contributed by atoms with Crippen LogP contribution in [0.5, 0.6) is 0 Å². The first kappa shape index (κ1) is 20.8. The van der Waals surface area contributed by atoms with E-state index in [0.717, 1.165) is 23.5 Å². The number of esters is 1.